The molecule has 1 heterocycles. The van der Waals surface area contributed by atoms with Gasteiger partial charge in [0.2, 0.25) is 5.79 Å². The zero-order chi connectivity index (χ0) is 19.1. The topological polar surface area (TPSA) is 78.6 Å². The molecule has 0 unspecified atom stereocenters. The zero-order valence-corrected chi connectivity index (χ0v) is 16.3. The first-order valence-corrected chi connectivity index (χ1v) is 9.90. The number of amides is 1. The Bertz CT molecular complexity index is 691. The summed E-state index contributed by atoms with van der Waals surface area (Å²) >= 11 is 0. The van der Waals surface area contributed by atoms with Gasteiger partial charge in [-0.3, -0.25) is 4.79 Å². The average molecular weight is 361 g/mol. The quantitative estimate of drug-likeness (QED) is 0.759. The van der Waals surface area contributed by atoms with Crippen LogP contribution in [0, 0.1) is 34.0 Å². The third-order valence-corrected chi connectivity index (χ3v) is 8.90. The van der Waals surface area contributed by atoms with Gasteiger partial charge in [-0.1, -0.05) is 26.8 Å². The molecule has 0 aromatic carbocycles. The van der Waals surface area contributed by atoms with Crippen molar-refractivity contribution in [2.24, 2.45) is 39.7 Å². The van der Waals surface area contributed by atoms with Crippen molar-refractivity contribution >= 4 is 11.9 Å². The van der Waals surface area contributed by atoms with E-state index in [-0.39, 0.29) is 34.6 Å². The maximum absolute atomic E-state index is 13.6. The van der Waals surface area contributed by atoms with Crippen LogP contribution in [-0.4, -0.2) is 23.8 Å². The SMILES string of the molecule is C=C[C@]1(C)C[C@@]2(OC(N)=O)O[C@@H]3CC[C@@]4(CC[C@@H](C)[C@]2(C)[C@@H]34)[C@@H](C)C1=O. The lowest BCUT2D eigenvalue weighted by Crippen LogP contribution is -2.64. The first-order chi connectivity index (χ1) is 12.1. The molecule has 26 heavy (non-hydrogen) atoms. The number of nitrogens with two attached hydrogens (primary N) is 1. The van der Waals surface area contributed by atoms with Crippen LogP contribution < -0.4 is 5.73 Å². The molecule has 3 aliphatic carbocycles. The summed E-state index contributed by atoms with van der Waals surface area (Å²) in [5.74, 6) is -0.499. The normalized spacial score (nSPS) is 55.2. The Labute approximate surface area is 155 Å². The highest BCUT2D eigenvalue weighted by Crippen LogP contribution is 2.75. The average Bonchev–Trinajstić information content (AvgIpc) is 3.06. The van der Waals surface area contributed by atoms with Gasteiger partial charge in [0, 0.05) is 23.7 Å². The van der Waals surface area contributed by atoms with Gasteiger partial charge in [-0.25, -0.2) is 4.79 Å². The maximum Gasteiger partial charge on any atom is 0.407 e. The summed E-state index contributed by atoms with van der Waals surface area (Å²) in [5, 5.41) is 0. The number of hydrogen-bond acceptors (Lipinski definition) is 4. The van der Waals surface area contributed by atoms with E-state index in [1.54, 1.807) is 6.08 Å². The number of hydrogen-bond donors (Lipinski definition) is 1. The molecule has 4 aliphatic rings. The van der Waals surface area contributed by atoms with Gasteiger partial charge in [-0.2, -0.15) is 0 Å². The molecule has 144 valence electrons. The Hall–Kier alpha value is -1.36. The van der Waals surface area contributed by atoms with Crippen LogP contribution in [0.4, 0.5) is 4.79 Å². The summed E-state index contributed by atoms with van der Waals surface area (Å²) in [7, 11) is 0. The van der Waals surface area contributed by atoms with E-state index in [4.69, 9.17) is 15.2 Å². The maximum atomic E-state index is 13.6. The first-order valence-electron chi connectivity index (χ1n) is 9.90. The minimum absolute atomic E-state index is 0.0181. The number of primary amides is 1. The van der Waals surface area contributed by atoms with Gasteiger partial charge >= 0.3 is 6.09 Å². The minimum Gasteiger partial charge on any atom is -0.416 e. The van der Waals surface area contributed by atoms with Gasteiger partial charge in [0.25, 0.3) is 0 Å². The summed E-state index contributed by atoms with van der Waals surface area (Å²) < 4.78 is 12.4. The number of ether oxygens (including phenoxy) is 2. The molecule has 5 heteroatoms. The smallest absolute Gasteiger partial charge is 0.407 e. The van der Waals surface area contributed by atoms with Crippen LogP contribution in [0.5, 0.6) is 0 Å². The Kier molecular flexibility index (Phi) is 3.55. The highest BCUT2D eigenvalue weighted by atomic mass is 16.7. The number of Topliss-reactive ketones (excluding diaryl/α,β-unsaturated/α-hetero) is 1. The molecule has 8 atom stereocenters. The molecule has 3 saturated carbocycles. The third kappa shape index (κ3) is 1.81. The second-order valence-corrected chi connectivity index (χ2v) is 9.69. The Morgan fingerprint density at radius 2 is 1.96 bits per heavy atom. The number of carbonyl (C=O) groups excluding carboxylic acids is 2. The van der Waals surface area contributed by atoms with Crippen LogP contribution in [0.1, 0.15) is 59.8 Å². The van der Waals surface area contributed by atoms with Crippen molar-refractivity contribution in [2.75, 3.05) is 0 Å². The summed E-state index contributed by atoms with van der Waals surface area (Å²) in [4.78, 5) is 25.5. The number of ketones is 1. The van der Waals surface area contributed by atoms with Gasteiger partial charge in [0.15, 0.2) is 0 Å². The predicted molar refractivity (Wildman–Crippen MR) is 97.0 cm³/mol. The standard InChI is InChI=1S/C21H31NO4/c1-6-18(4)11-21(26-17(22)24)19(5)12(2)7-9-20(13(3)16(18)23)10-8-14(25-21)15(19)20/h6,12-15H,1,7-11H2,2-5H3,(H2,22,24)/t12-,13+,14-,15-,18-,19-,20+,21+/m1/s1. The largest absolute Gasteiger partial charge is 0.416 e. The van der Waals surface area contributed by atoms with Crippen LogP contribution in [-0.2, 0) is 14.3 Å². The highest BCUT2D eigenvalue weighted by Gasteiger charge is 2.78. The molecule has 5 nitrogen and oxygen atoms in total. The molecule has 4 rings (SSSR count). The number of allylic oxidation sites excluding steroid dienone is 1. The van der Waals surface area contributed by atoms with E-state index in [2.05, 4.69) is 27.4 Å². The summed E-state index contributed by atoms with van der Waals surface area (Å²) in [6.07, 6.45) is 5.15. The molecule has 2 N–H and O–H groups in total. The fourth-order valence-corrected chi connectivity index (χ4v) is 7.34. The van der Waals surface area contributed by atoms with E-state index in [1.807, 2.05) is 6.92 Å². The Morgan fingerprint density at radius 1 is 1.31 bits per heavy atom. The third-order valence-electron chi connectivity index (χ3n) is 8.90. The van der Waals surface area contributed by atoms with E-state index in [0.29, 0.717) is 12.3 Å². The van der Waals surface area contributed by atoms with Gasteiger partial charge in [0.05, 0.1) is 11.5 Å². The van der Waals surface area contributed by atoms with Crippen molar-refractivity contribution in [3.05, 3.63) is 12.7 Å². The molecule has 1 saturated heterocycles. The van der Waals surface area contributed by atoms with E-state index in [9.17, 15) is 9.59 Å². The van der Waals surface area contributed by atoms with Crippen molar-refractivity contribution in [1.82, 2.24) is 0 Å². The molecule has 4 fully saturated rings. The summed E-state index contributed by atoms with van der Waals surface area (Å²) in [6.45, 7) is 12.4. The van der Waals surface area contributed by atoms with Crippen LogP contribution in [0.25, 0.3) is 0 Å². The molecule has 1 amide bonds. The lowest BCUT2D eigenvalue weighted by molar-refractivity contribution is -0.272. The van der Waals surface area contributed by atoms with E-state index in [0.717, 1.165) is 25.7 Å². The molecule has 0 radical (unpaired) electrons. The summed E-state index contributed by atoms with van der Waals surface area (Å²) in [6, 6.07) is 0. The Morgan fingerprint density at radius 3 is 2.58 bits per heavy atom. The highest BCUT2D eigenvalue weighted by molar-refractivity contribution is 5.89. The van der Waals surface area contributed by atoms with E-state index >= 15 is 0 Å². The van der Waals surface area contributed by atoms with Crippen molar-refractivity contribution < 1.29 is 19.1 Å². The lowest BCUT2D eigenvalue weighted by atomic mass is 9.44. The van der Waals surface area contributed by atoms with Crippen LogP contribution in [0.3, 0.4) is 0 Å². The second-order valence-electron chi connectivity index (χ2n) is 9.69. The molecular formula is C21H31NO4. The second kappa shape index (κ2) is 5.12. The van der Waals surface area contributed by atoms with Crippen molar-refractivity contribution in [3.63, 3.8) is 0 Å². The molecule has 1 aliphatic heterocycles. The minimum atomic E-state index is -1.17. The van der Waals surface area contributed by atoms with Crippen molar-refractivity contribution in [2.45, 2.75) is 71.7 Å². The van der Waals surface area contributed by atoms with Crippen LogP contribution in [0.15, 0.2) is 12.7 Å². The van der Waals surface area contributed by atoms with E-state index < -0.39 is 17.3 Å². The van der Waals surface area contributed by atoms with Crippen LogP contribution >= 0.6 is 0 Å². The van der Waals surface area contributed by atoms with Crippen molar-refractivity contribution in [1.29, 1.82) is 0 Å². The number of carbonyl (C=O) groups is 2. The van der Waals surface area contributed by atoms with Gasteiger partial charge in [0.1, 0.15) is 5.78 Å². The molecule has 0 aromatic heterocycles. The van der Waals surface area contributed by atoms with Gasteiger partial charge in [-0.15, -0.1) is 6.58 Å². The molecular weight excluding hydrogens is 330 g/mol. The molecule has 0 spiro atoms. The van der Waals surface area contributed by atoms with Crippen LogP contribution in [0.2, 0.25) is 0 Å². The van der Waals surface area contributed by atoms with Gasteiger partial charge < -0.3 is 15.2 Å². The fourth-order valence-electron chi connectivity index (χ4n) is 7.34. The zero-order valence-electron chi connectivity index (χ0n) is 16.3. The predicted octanol–water partition coefficient (Wildman–Crippen LogP) is 3.81. The lowest BCUT2D eigenvalue weighted by Gasteiger charge is -2.60. The fraction of sp³-hybridized carbons (Fsp3) is 0.810. The van der Waals surface area contributed by atoms with Crippen molar-refractivity contribution in [3.8, 4) is 0 Å². The Balaban J connectivity index is 2.00. The van der Waals surface area contributed by atoms with Gasteiger partial charge in [-0.05, 0) is 43.9 Å². The molecule has 0 aromatic rings. The number of rotatable bonds is 2. The summed E-state index contributed by atoms with van der Waals surface area (Å²) in [5.41, 5.74) is 4.25. The van der Waals surface area contributed by atoms with E-state index in [1.165, 1.54) is 0 Å². The monoisotopic (exact) mass is 361 g/mol. The molecule has 4 bridgehead atoms. The first kappa shape index (κ1) is 18.0.